The summed E-state index contributed by atoms with van der Waals surface area (Å²) in [5.41, 5.74) is 1.24. The SMILES string of the molecule is CC(C)c1ccnnc1. The summed E-state index contributed by atoms with van der Waals surface area (Å²) in [5, 5.41) is 7.43. The van der Waals surface area contributed by atoms with Crippen LogP contribution in [-0.4, -0.2) is 10.2 Å². The van der Waals surface area contributed by atoms with Gasteiger partial charge in [0.15, 0.2) is 0 Å². The fraction of sp³-hybridized carbons (Fsp3) is 0.429. The van der Waals surface area contributed by atoms with Gasteiger partial charge in [0.2, 0.25) is 0 Å². The highest BCUT2D eigenvalue weighted by atomic mass is 15.1. The molecule has 0 aliphatic heterocycles. The van der Waals surface area contributed by atoms with Gasteiger partial charge < -0.3 is 0 Å². The highest BCUT2D eigenvalue weighted by molar-refractivity contribution is 5.09. The second-order valence-corrected chi connectivity index (χ2v) is 2.33. The van der Waals surface area contributed by atoms with Gasteiger partial charge in [-0.3, -0.25) is 0 Å². The van der Waals surface area contributed by atoms with Crippen LogP contribution in [0.5, 0.6) is 0 Å². The lowest BCUT2D eigenvalue weighted by atomic mass is 10.1. The van der Waals surface area contributed by atoms with Crippen molar-refractivity contribution in [2.75, 3.05) is 0 Å². The van der Waals surface area contributed by atoms with Crippen molar-refractivity contribution in [1.29, 1.82) is 0 Å². The van der Waals surface area contributed by atoms with Crippen LogP contribution in [0.15, 0.2) is 18.5 Å². The van der Waals surface area contributed by atoms with Crippen LogP contribution < -0.4 is 0 Å². The Kier molecular flexibility index (Phi) is 1.78. The maximum absolute atomic E-state index is 3.76. The number of nitrogens with zero attached hydrogens (tertiary/aromatic N) is 2. The molecule has 1 rings (SSSR count). The molecule has 0 saturated carbocycles. The van der Waals surface area contributed by atoms with Gasteiger partial charge in [0.05, 0.1) is 6.20 Å². The zero-order valence-corrected chi connectivity index (χ0v) is 5.70. The Morgan fingerprint density at radius 3 is 2.44 bits per heavy atom. The predicted octanol–water partition coefficient (Wildman–Crippen LogP) is 1.60. The summed E-state index contributed by atoms with van der Waals surface area (Å²) < 4.78 is 0. The second kappa shape index (κ2) is 2.58. The first kappa shape index (κ1) is 6.20. The minimum absolute atomic E-state index is 0.556. The molecule has 2 nitrogen and oxygen atoms in total. The molecule has 0 aromatic carbocycles. The fourth-order valence-corrected chi connectivity index (χ4v) is 0.642. The van der Waals surface area contributed by atoms with Crippen molar-refractivity contribution in [2.45, 2.75) is 19.8 Å². The molecule has 0 N–H and O–H groups in total. The molecule has 48 valence electrons. The molecule has 0 unspecified atom stereocenters. The van der Waals surface area contributed by atoms with E-state index in [1.54, 1.807) is 12.4 Å². The second-order valence-electron chi connectivity index (χ2n) is 2.33. The van der Waals surface area contributed by atoms with Crippen LogP contribution >= 0.6 is 0 Å². The molecule has 0 aliphatic rings. The van der Waals surface area contributed by atoms with E-state index in [2.05, 4.69) is 24.0 Å². The predicted molar refractivity (Wildman–Crippen MR) is 36.1 cm³/mol. The van der Waals surface area contributed by atoms with Gasteiger partial charge in [0, 0.05) is 6.20 Å². The molecule has 0 radical (unpaired) electrons. The molecule has 1 aromatic rings. The lowest BCUT2D eigenvalue weighted by Crippen LogP contribution is -1.88. The van der Waals surface area contributed by atoms with Crippen LogP contribution in [0.1, 0.15) is 25.3 Å². The lowest BCUT2D eigenvalue weighted by Gasteiger charge is -2.00. The molecule has 0 aliphatic carbocycles. The Hall–Kier alpha value is -0.920. The Bertz CT molecular complexity index is 170. The first-order valence-electron chi connectivity index (χ1n) is 3.07. The maximum Gasteiger partial charge on any atom is 0.0530 e. The van der Waals surface area contributed by atoms with Gasteiger partial charge in [-0.25, -0.2) is 0 Å². The first-order chi connectivity index (χ1) is 4.30. The van der Waals surface area contributed by atoms with Crippen molar-refractivity contribution >= 4 is 0 Å². The quantitative estimate of drug-likeness (QED) is 0.565. The van der Waals surface area contributed by atoms with E-state index in [0.717, 1.165) is 0 Å². The Labute approximate surface area is 54.9 Å². The topological polar surface area (TPSA) is 25.8 Å². The maximum atomic E-state index is 3.76. The average Bonchev–Trinajstić information content (AvgIpc) is 1.90. The Balaban J connectivity index is 2.85. The van der Waals surface area contributed by atoms with Gasteiger partial charge in [-0.1, -0.05) is 13.8 Å². The molecule has 0 fully saturated rings. The van der Waals surface area contributed by atoms with E-state index in [1.807, 2.05) is 6.07 Å². The summed E-state index contributed by atoms with van der Waals surface area (Å²) in [7, 11) is 0. The molecular weight excluding hydrogens is 112 g/mol. The lowest BCUT2D eigenvalue weighted by molar-refractivity contribution is 0.841. The van der Waals surface area contributed by atoms with E-state index < -0.39 is 0 Å². The van der Waals surface area contributed by atoms with E-state index in [4.69, 9.17) is 0 Å². The van der Waals surface area contributed by atoms with E-state index in [9.17, 15) is 0 Å². The van der Waals surface area contributed by atoms with Gasteiger partial charge in [0.25, 0.3) is 0 Å². The van der Waals surface area contributed by atoms with Crippen molar-refractivity contribution in [2.24, 2.45) is 0 Å². The molecule has 0 saturated heterocycles. The highest BCUT2D eigenvalue weighted by Crippen LogP contribution is 2.09. The summed E-state index contributed by atoms with van der Waals surface area (Å²) in [6.45, 7) is 4.27. The number of aromatic nitrogens is 2. The number of hydrogen-bond donors (Lipinski definition) is 0. The van der Waals surface area contributed by atoms with Crippen LogP contribution in [0.3, 0.4) is 0 Å². The third-order valence-electron chi connectivity index (χ3n) is 1.27. The monoisotopic (exact) mass is 122 g/mol. The fourth-order valence-electron chi connectivity index (χ4n) is 0.642. The molecule has 0 bridgehead atoms. The number of rotatable bonds is 1. The first-order valence-corrected chi connectivity index (χ1v) is 3.07. The minimum Gasteiger partial charge on any atom is -0.159 e. The van der Waals surface area contributed by atoms with E-state index in [1.165, 1.54) is 5.56 Å². The van der Waals surface area contributed by atoms with Crippen LogP contribution in [0.25, 0.3) is 0 Å². The van der Waals surface area contributed by atoms with Gasteiger partial charge in [-0.05, 0) is 17.5 Å². The summed E-state index contributed by atoms with van der Waals surface area (Å²) in [4.78, 5) is 0. The van der Waals surface area contributed by atoms with Crippen LogP contribution in [0.4, 0.5) is 0 Å². The third kappa shape index (κ3) is 1.49. The zero-order valence-electron chi connectivity index (χ0n) is 5.70. The largest absolute Gasteiger partial charge is 0.159 e. The molecule has 0 amide bonds. The minimum atomic E-state index is 0.556. The molecule has 1 heterocycles. The summed E-state index contributed by atoms with van der Waals surface area (Å²) in [5.74, 6) is 0.556. The van der Waals surface area contributed by atoms with Gasteiger partial charge in [-0.2, -0.15) is 10.2 Å². The summed E-state index contributed by atoms with van der Waals surface area (Å²) in [6, 6.07) is 1.98. The number of hydrogen-bond acceptors (Lipinski definition) is 2. The van der Waals surface area contributed by atoms with E-state index in [-0.39, 0.29) is 0 Å². The molecule has 0 spiro atoms. The smallest absolute Gasteiger partial charge is 0.0530 e. The highest BCUT2D eigenvalue weighted by Gasteiger charge is 1.95. The molecule has 1 aromatic heterocycles. The zero-order chi connectivity index (χ0) is 6.69. The van der Waals surface area contributed by atoms with Crippen molar-refractivity contribution in [3.8, 4) is 0 Å². The molecular formula is C7H10N2. The van der Waals surface area contributed by atoms with Crippen molar-refractivity contribution in [1.82, 2.24) is 10.2 Å². The summed E-state index contributed by atoms with van der Waals surface area (Å²) in [6.07, 6.45) is 3.51. The van der Waals surface area contributed by atoms with Crippen LogP contribution in [0, 0.1) is 0 Å². The van der Waals surface area contributed by atoms with Crippen molar-refractivity contribution in [3.63, 3.8) is 0 Å². The van der Waals surface area contributed by atoms with Gasteiger partial charge in [-0.15, -0.1) is 0 Å². The normalized spacial score (nSPS) is 10.1. The van der Waals surface area contributed by atoms with Gasteiger partial charge in [0.1, 0.15) is 0 Å². The average molecular weight is 122 g/mol. The van der Waals surface area contributed by atoms with Crippen LogP contribution in [-0.2, 0) is 0 Å². The molecule has 9 heavy (non-hydrogen) atoms. The van der Waals surface area contributed by atoms with E-state index >= 15 is 0 Å². The Morgan fingerprint density at radius 1 is 1.33 bits per heavy atom. The molecule has 2 heteroatoms. The van der Waals surface area contributed by atoms with E-state index in [0.29, 0.717) is 5.92 Å². The Morgan fingerprint density at radius 2 is 2.11 bits per heavy atom. The summed E-state index contributed by atoms with van der Waals surface area (Å²) >= 11 is 0. The van der Waals surface area contributed by atoms with Crippen molar-refractivity contribution < 1.29 is 0 Å². The molecule has 0 atom stereocenters. The van der Waals surface area contributed by atoms with Crippen LogP contribution in [0.2, 0.25) is 0 Å². The standard InChI is InChI=1S/C7H10N2/c1-6(2)7-3-4-8-9-5-7/h3-6H,1-2H3. The van der Waals surface area contributed by atoms with Gasteiger partial charge >= 0.3 is 0 Å². The third-order valence-corrected chi connectivity index (χ3v) is 1.27. The van der Waals surface area contributed by atoms with Crippen molar-refractivity contribution in [3.05, 3.63) is 24.0 Å².